The topological polar surface area (TPSA) is 105 Å². The highest BCUT2D eigenvalue weighted by atomic mass is 16.5. The van der Waals surface area contributed by atoms with Gasteiger partial charge < -0.3 is 20.1 Å². The molecule has 2 heterocycles. The number of aliphatic carboxylic acids is 1. The molecule has 1 atom stereocenters. The number of carboxylic acid groups (broad SMARTS) is 1. The lowest BCUT2D eigenvalue weighted by molar-refractivity contribution is -0.139. The summed E-state index contributed by atoms with van der Waals surface area (Å²) < 4.78 is 5.29. The molecule has 0 saturated carbocycles. The minimum absolute atomic E-state index is 0.298. The molecule has 0 radical (unpaired) electrons. The largest absolute Gasteiger partial charge is 0.481 e. The molecule has 1 aliphatic heterocycles. The number of nitrogens with zero attached hydrogens (tertiary/aromatic N) is 3. The first-order chi connectivity index (χ1) is 9.61. The van der Waals surface area contributed by atoms with Crippen LogP contribution in [0, 0.1) is 0 Å². The van der Waals surface area contributed by atoms with Gasteiger partial charge in [-0.3, -0.25) is 9.59 Å². The summed E-state index contributed by atoms with van der Waals surface area (Å²) >= 11 is 0. The number of carboxylic acids is 1. The molecule has 8 nitrogen and oxygen atoms in total. The predicted octanol–water partition coefficient (Wildman–Crippen LogP) is -0.345. The standard InChI is InChI=1S/C12H16N4O4/c1-2-20-9-3-4-14-12(15-9)16-6-5-13-11(19)8(16)7-10(17)18/h3-4,8H,2,5-7H2,1H3,(H,13,19)(H,17,18). The average Bonchev–Trinajstić information content (AvgIpc) is 2.41. The number of anilines is 1. The molecule has 2 rings (SSSR count). The Morgan fingerprint density at radius 1 is 1.65 bits per heavy atom. The monoisotopic (exact) mass is 280 g/mol. The number of amides is 1. The van der Waals surface area contributed by atoms with Crippen LogP contribution < -0.4 is 15.0 Å². The van der Waals surface area contributed by atoms with Gasteiger partial charge in [-0.05, 0) is 6.92 Å². The van der Waals surface area contributed by atoms with Gasteiger partial charge in [0.05, 0.1) is 13.0 Å². The maximum Gasteiger partial charge on any atom is 0.305 e. The number of piperazine rings is 1. The van der Waals surface area contributed by atoms with E-state index in [1.54, 1.807) is 11.0 Å². The van der Waals surface area contributed by atoms with Crippen LogP contribution in [-0.4, -0.2) is 52.7 Å². The number of ether oxygens (including phenoxy) is 1. The highest BCUT2D eigenvalue weighted by Crippen LogP contribution is 2.18. The first kappa shape index (κ1) is 14.0. The van der Waals surface area contributed by atoms with Crippen molar-refractivity contribution in [3.8, 4) is 5.88 Å². The minimum Gasteiger partial charge on any atom is -0.481 e. The molecule has 8 heteroatoms. The van der Waals surface area contributed by atoms with Gasteiger partial charge in [0.1, 0.15) is 6.04 Å². The minimum atomic E-state index is -1.04. The lowest BCUT2D eigenvalue weighted by Crippen LogP contribution is -2.56. The van der Waals surface area contributed by atoms with E-state index >= 15 is 0 Å². The number of aromatic nitrogens is 2. The highest BCUT2D eigenvalue weighted by Gasteiger charge is 2.33. The number of hydrogen-bond acceptors (Lipinski definition) is 6. The molecule has 108 valence electrons. The molecule has 2 N–H and O–H groups in total. The maximum atomic E-state index is 11.8. The molecule has 0 bridgehead atoms. The number of carbonyl (C=O) groups excluding carboxylic acids is 1. The predicted molar refractivity (Wildman–Crippen MR) is 69.6 cm³/mol. The Hall–Kier alpha value is -2.38. The van der Waals surface area contributed by atoms with Crippen molar-refractivity contribution in [2.75, 3.05) is 24.6 Å². The molecular weight excluding hydrogens is 264 g/mol. The van der Waals surface area contributed by atoms with Crippen LogP contribution in [0.3, 0.4) is 0 Å². The summed E-state index contributed by atoms with van der Waals surface area (Å²) in [6, 6.07) is 0.807. The van der Waals surface area contributed by atoms with Crippen molar-refractivity contribution in [2.45, 2.75) is 19.4 Å². The van der Waals surface area contributed by atoms with E-state index in [1.165, 1.54) is 6.20 Å². The summed E-state index contributed by atoms with van der Waals surface area (Å²) in [5.41, 5.74) is 0. The van der Waals surface area contributed by atoms with Gasteiger partial charge in [0.2, 0.25) is 17.7 Å². The quantitative estimate of drug-likeness (QED) is 0.759. The van der Waals surface area contributed by atoms with E-state index < -0.39 is 12.0 Å². The van der Waals surface area contributed by atoms with Crippen molar-refractivity contribution < 1.29 is 19.4 Å². The zero-order valence-electron chi connectivity index (χ0n) is 11.1. The van der Waals surface area contributed by atoms with Gasteiger partial charge in [-0.1, -0.05) is 0 Å². The molecule has 1 aromatic heterocycles. The first-order valence-electron chi connectivity index (χ1n) is 6.33. The van der Waals surface area contributed by atoms with E-state index in [-0.39, 0.29) is 12.3 Å². The third-order valence-electron chi connectivity index (χ3n) is 2.87. The number of rotatable bonds is 5. The van der Waals surface area contributed by atoms with E-state index in [2.05, 4.69) is 15.3 Å². The summed E-state index contributed by atoms with van der Waals surface area (Å²) in [6.45, 7) is 3.19. The fourth-order valence-electron chi connectivity index (χ4n) is 2.02. The van der Waals surface area contributed by atoms with Gasteiger partial charge >= 0.3 is 5.97 Å². The molecule has 1 aliphatic rings. The second kappa shape index (κ2) is 6.18. The zero-order chi connectivity index (χ0) is 14.5. The molecule has 1 amide bonds. The van der Waals surface area contributed by atoms with Crippen LogP contribution in [0.1, 0.15) is 13.3 Å². The van der Waals surface area contributed by atoms with Gasteiger partial charge in [-0.2, -0.15) is 4.98 Å². The summed E-state index contributed by atoms with van der Waals surface area (Å²) in [7, 11) is 0. The molecule has 0 aliphatic carbocycles. The molecular formula is C12H16N4O4. The molecule has 1 unspecified atom stereocenters. The Labute approximate surface area is 115 Å². The van der Waals surface area contributed by atoms with E-state index in [4.69, 9.17) is 9.84 Å². The second-order valence-electron chi connectivity index (χ2n) is 4.23. The third kappa shape index (κ3) is 3.14. The van der Waals surface area contributed by atoms with Crippen LogP contribution in [0.5, 0.6) is 5.88 Å². The lowest BCUT2D eigenvalue weighted by atomic mass is 10.1. The molecule has 1 aromatic rings. The summed E-state index contributed by atoms with van der Waals surface area (Å²) in [5.74, 6) is -0.670. The van der Waals surface area contributed by atoms with Crippen LogP contribution >= 0.6 is 0 Å². The van der Waals surface area contributed by atoms with Crippen LogP contribution in [0.15, 0.2) is 12.3 Å². The molecule has 1 fully saturated rings. The van der Waals surface area contributed by atoms with Crippen molar-refractivity contribution in [1.29, 1.82) is 0 Å². The first-order valence-corrected chi connectivity index (χ1v) is 6.33. The molecule has 0 aromatic carbocycles. The second-order valence-corrected chi connectivity index (χ2v) is 4.23. The molecule has 0 spiro atoms. The van der Waals surface area contributed by atoms with Crippen LogP contribution in [-0.2, 0) is 9.59 Å². The van der Waals surface area contributed by atoms with E-state index in [0.717, 1.165) is 0 Å². The third-order valence-corrected chi connectivity index (χ3v) is 2.87. The van der Waals surface area contributed by atoms with E-state index in [1.807, 2.05) is 6.92 Å². The zero-order valence-corrected chi connectivity index (χ0v) is 11.1. The maximum absolute atomic E-state index is 11.8. The summed E-state index contributed by atoms with van der Waals surface area (Å²) in [5, 5.41) is 11.6. The van der Waals surface area contributed by atoms with Gasteiger partial charge in [0.15, 0.2) is 0 Å². The lowest BCUT2D eigenvalue weighted by Gasteiger charge is -2.34. The smallest absolute Gasteiger partial charge is 0.305 e. The summed E-state index contributed by atoms with van der Waals surface area (Å²) in [4.78, 5) is 32.6. The van der Waals surface area contributed by atoms with Gasteiger partial charge in [-0.15, -0.1) is 0 Å². The molecule has 20 heavy (non-hydrogen) atoms. The van der Waals surface area contributed by atoms with Crippen molar-refractivity contribution in [3.05, 3.63) is 12.3 Å². The van der Waals surface area contributed by atoms with Crippen molar-refractivity contribution in [1.82, 2.24) is 15.3 Å². The SMILES string of the molecule is CCOc1ccnc(N2CCNC(=O)C2CC(=O)O)n1. The van der Waals surface area contributed by atoms with E-state index in [0.29, 0.717) is 31.5 Å². The van der Waals surface area contributed by atoms with Gasteiger partial charge in [-0.25, -0.2) is 4.98 Å². The van der Waals surface area contributed by atoms with Crippen molar-refractivity contribution in [3.63, 3.8) is 0 Å². The Kier molecular flexibility index (Phi) is 4.34. The Balaban J connectivity index is 2.25. The summed E-state index contributed by atoms with van der Waals surface area (Å²) in [6.07, 6.45) is 1.23. The van der Waals surface area contributed by atoms with Crippen LogP contribution in [0.2, 0.25) is 0 Å². The molecule has 1 saturated heterocycles. The number of hydrogen-bond donors (Lipinski definition) is 2. The fourth-order valence-corrected chi connectivity index (χ4v) is 2.02. The van der Waals surface area contributed by atoms with Crippen LogP contribution in [0.4, 0.5) is 5.95 Å². The Bertz CT molecular complexity index is 508. The Morgan fingerprint density at radius 2 is 2.45 bits per heavy atom. The number of carbonyl (C=O) groups is 2. The number of nitrogens with one attached hydrogen (secondary N) is 1. The van der Waals surface area contributed by atoms with E-state index in [9.17, 15) is 9.59 Å². The normalized spacial score (nSPS) is 18.6. The van der Waals surface area contributed by atoms with Gasteiger partial charge in [0.25, 0.3) is 0 Å². The fraction of sp³-hybridized carbons (Fsp3) is 0.500. The van der Waals surface area contributed by atoms with Crippen molar-refractivity contribution >= 4 is 17.8 Å². The van der Waals surface area contributed by atoms with Crippen molar-refractivity contribution in [2.24, 2.45) is 0 Å². The van der Waals surface area contributed by atoms with Gasteiger partial charge in [0, 0.05) is 25.4 Å². The highest BCUT2D eigenvalue weighted by molar-refractivity contribution is 5.89. The average molecular weight is 280 g/mol. The van der Waals surface area contributed by atoms with Crippen LogP contribution in [0.25, 0.3) is 0 Å². The Morgan fingerprint density at radius 3 is 3.15 bits per heavy atom.